The number of thiophene rings is 1. The minimum Gasteiger partial charge on any atom is -0.369 e. The molecular weight excluding hydrogens is 256 g/mol. The fourth-order valence-electron chi connectivity index (χ4n) is 2.19. The first kappa shape index (κ1) is 14.1. The Bertz CT molecular complexity index is 523. The van der Waals surface area contributed by atoms with E-state index in [2.05, 4.69) is 35.2 Å². The molecule has 0 aliphatic heterocycles. The molecule has 0 aliphatic rings. The average Bonchev–Trinajstić information content (AvgIpc) is 2.86. The van der Waals surface area contributed by atoms with Gasteiger partial charge in [0.1, 0.15) is 10.6 Å². The summed E-state index contributed by atoms with van der Waals surface area (Å²) < 4.78 is 0. The highest BCUT2D eigenvalue weighted by Gasteiger charge is 2.10. The monoisotopic (exact) mass is 278 g/mol. The molecule has 5 heteroatoms. The lowest BCUT2D eigenvalue weighted by atomic mass is 9.99. The predicted octanol–water partition coefficient (Wildman–Crippen LogP) is 3.90. The third kappa shape index (κ3) is 3.56. The van der Waals surface area contributed by atoms with Crippen molar-refractivity contribution in [2.45, 2.75) is 39.5 Å². The Morgan fingerprint density at radius 1 is 1.37 bits per heavy atom. The highest BCUT2D eigenvalue weighted by molar-refractivity contribution is 7.16. The van der Waals surface area contributed by atoms with Gasteiger partial charge in [0.05, 0.1) is 5.39 Å². The van der Waals surface area contributed by atoms with Crippen LogP contribution in [-0.2, 0) is 0 Å². The van der Waals surface area contributed by atoms with Crippen molar-refractivity contribution in [3.8, 4) is 0 Å². The molecule has 0 saturated heterocycles. The third-order valence-electron chi connectivity index (χ3n) is 3.44. The molecule has 1 atom stereocenters. The van der Waals surface area contributed by atoms with Crippen molar-refractivity contribution in [3.05, 3.63) is 11.4 Å². The van der Waals surface area contributed by atoms with Crippen molar-refractivity contribution in [3.63, 3.8) is 0 Å². The first-order chi connectivity index (χ1) is 9.24. The molecule has 0 fully saturated rings. The number of nitrogens with two attached hydrogens (primary N) is 1. The van der Waals surface area contributed by atoms with Gasteiger partial charge in [-0.15, -0.1) is 11.3 Å². The van der Waals surface area contributed by atoms with Crippen LogP contribution in [0.2, 0.25) is 0 Å². The Labute approximate surface area is 118 Å². The zero-order chi connectivity index (χ0) is 13.7. The van der Waals surface area contributed by atoms with Crippen LogP contribution in [0.1, 0.15) is 39.5 Å². The standard InChI is InChI=1S/C14H22N4S/c1-3-5-6-10(4-2)9-16-12-11-7-8-19-13(11)18-14(15)17-12/h7-8,10H,3-6,9H2,1-2H3,(H3,15,16,17,18). The Hall–Kier alpha value is -1.36. The Kier molecular flexibility index (Phi) is 4.96. The van der Waals surface area contributed by atoms with E-state index in [1.807, 2.05) is 5.38 Å². The number of aromatic nitrogens is 2. The lowest BCUT2D eigenvalue weighted by Crippen LogP contribution is -2.15. The molecule has 104 valence electrons. The molecule has 0 spiro atoms. The topological polar surface area (TPSA) is 63.8 Å². The van der Waals surface area contributed by atoms with E-state index in [0.717, 1.165) is 22.6 Å². The third-order valence-corrected chi connectivity index (χ3v) is 4.25. The molecule has 0 saturated carbocycles. The molecule has 2 aromatic rings. The number of hydrogen-bond acceptors (Lipinski definition) is 5. The maximum atomic E-state index is 5.75. The summed E-state index contributed by atoms with van der Waals surface area (Å²) in [5.74, 6) is 1.92. The molecular formula is C14H22N4S. The lowest BCUT2D eigenvalue weighted by Gasteiger charge is -2.16. The van der Waals surface area contributed by atoms with Crippen molar-refractivity contribution >= 4 is 33.3 Å². The molecule has 2 heterocycles. The zero-order valence-corrected chi connectivity index (χ0v) is 12.5. The maximum absolute atomic E-state index is 5.75. The van der Waals surface area contributed by atoms with Crippen molar-refractivity contribution in [2.75, 3.05) is 17.6 Å². The van der Waals surface area contributed by atoms with Gasteiger partial charge in [0.15, 0.2) is 0 Å². The van der Waals surface area contributed by atoms with Crippen LogP contribution in [0.5, 0.6) is 0 Å². The Balaban J connectivity index is 2.06. The summed E-state index contributed by atoms with van der Waals surface area (Å²) >= 11 is 1.60. The number of nitrogen functional groups attached to an aromatic ring is 1. The normalized spacial score (nSPS) is 12.7. The van der Waals surface area contributed by atoms with Gasteiger partial charge in [-0.1, -0.05) is 33.1 Å². The van der Waals surface area contributed by atoms with Gasteiger partial charge in [0, 0.05) is 6.54 Å². The van der Waals surface area contributed by atoms with E-state index in [4.69, 9.17) is 5.73 Å². The Morgan fingerprint density at radius 2 is 2.21 bits per heavy atom. The molecule has 3 N–H and O–H groups in total. The number of fused-ring (bicyclic) bond motifs is 1. The van der Waals surface area contributed by atoms with Crippen LogP contribution in [-0.4, -0.2) is 16.5 Å². The van der Waals surface area contributed by atoms with Crippen LogP contribution in [0.15, 0.2) is 11.4 Å². The Morgan fingerprint density at radius 3 is 2.95 bits per heavy atom. The number of unbranched alkanes of at least 4 members (excludes halogenated alkanes) is 1. The van der Waals surface area contributed by atoms with Crippen LogP contribution in [0.3, 0.4) is 0 Å². The summed E-state index contributed by atoms with van der Waals surface area (Å²) in [6.07, 6.45) is 5.01. The molecule has 0 aromatic carbocycles. The molecule has 0 bridgehead atoms. The van der Waals surface area contributed by atoms with Crippen molar-refractivity contribution < 1.29 is 0 Å². The van der Waals surface area contributed by atoms with E-state index >= 15 is 0 Å². The van der Waals surface area contributed by atoms with Gasteiger partial charge in [-0.25, -0.2) is 4.98 Å². The second kappa shape index (κ2) is 6.70. The smallest absolute Gasteiger partial charge is 0.223 e. The van der Waals surface area contributed by atoms with Crippen LogP contribution in [0.4, 0.5) is 11.8 Å². The predicted molar refractivity (Wildman–Crippen MR) is 83.6 cm³/mol. The number of nitrogens with zero attached hydrogens (tertiary/aromatic N) is 2. The van der Waals surface area contributed by atoms with E-state index < -0.39 is 0 Å². The van der Waals surface area contributed by atoms with Gasteiger partial charge in [0.2, 0.25) is 5.95 Å². The van der Waals surface area contributed by atoms with Gasteiger partial charge >= 0.3 is 0 Å². The van der Waals surface area contributed by atoms with Crippen molar-refractivity contribution in [1.82, 2.24) is 9.97 Å². The number of nitrogens with one attached hydrogen (secondary N) is 1. The average molecular weight is 278 g/mol. The number of rotatable bonds is 7. The second-order valence-corrected chi connectivity index (χ2v) is 5.76. The van der Waals surface area contributed by atoms with E-state index in [1.165, 1.54) is 25.7 Å². The molecule has 2 rings (SSSR count). The van der Waals surface area contributed by atoms with Crippen molar-refractivity contribution in [2.24, 2.45) is 5.92 Å². The minimum absolute atomic E-state index is 0.346. The highest BCUT2D eigenvalue weighted by Crippen LogP contribution is 2.26. The van der Waals surface area contributed by atoms with Gasteiger partial charge in [-0.3, -0.25) is 0 Å². The first-order valence-electron chi connectivity index (χ1n) is 6.99. The van der Waals surface area contributed by atoms with Gasteiger partial charge in [-0.2, -0.15) is 4.98 Å². The van der Waals surface area contributed by atoms with E-state index in [0.29, 0.717) is 11.9 Å². The molecule has 1 unspecified atom stereocenters. The first-order valence-corrected chi connectivity index (χ1v) is 7.87. The summed E-state index contributed by atoms with van der Waals surface area (Å²) in [5.41, 5.74) is 5.75. The second-order valence-electron chi connectivity index (χ2n) is 4.87. The molecule has 2 aromatic heterocycles. The highest BCUT2D eigenvalue weighted by atomic mass is 32.1. The SMILES string of the molecule is CCCCC(CC)CNc1nc(N)nc2sccc12. The molecule has 4 nitrogen and oxygen atoms in total. The molecule has 19 heavy (non-hydrogen) atoms. The molecule has 0 aliphatic carbocycles. The molecule has 0 amide bonds. The lowest BCUT2D eigenvalue weighted by molar-refractivity contribution is 0.472. The van der Waals surface area contributed by atoms with Crippen LogP contribution in [0.25, 0.3) is 10.2 Å². The molecule has 0 radical (unpaired) electrons. The summed E-state index contributed by atoms with van der Waals surface area (Å²) in [6, 6.07) is 2.05. The largest absolute Gasteiger partial charge is 0.369 e. The summed E-state index contributed by atoms with van der Waals surface area (Å²) in [4.78, 5) is 9.52. The fraction of sp³-hybridized carbons (Fsp3) is 0.571. The zero-order valence-electron chi connectivity index (χ0n) is 11.6. The van der Waals surface area contributed by atoms with Gasteiger partial charge in [0.25, 0.3) is 0 Å². The summed E-state index contributed by atoms with van der Waals surface area (Å²) in [6.45, 7) is 5.44. The van der Waals surface area contributed by atoms with E-state index in [9.17, 15) is 0 Å². The van der Waals surface area contributed by atoms with Crippen molar-refractivity contribution in [1.29, 1.82) is 0 Å². The summed E-state index contributed by atoms with van der Waals surface area (Å²) in [5, 5.41) is 6.55. The van der Waals surface area contributed by atoms with Crippen LogP contribution < -0.4 is 11.1 Å². The van der Waals surface area contributed by atoms with Crippen LogP contribution in [0, 0.1) is 5.92 Å². The number of anilines is 2. The van der Waals surface area contributed by atoms with Gasteiger partial charge < -0.3 is 11.1 Å². The minimum atomic E-state index is 0.346. The number of hydrogen-bond donors (Lipinski definition) is 2. The fourth-order valence-corrected chi connectivity index (χ4v) is 2.96. The quantitative estimate of drug-likeness (QED) is 0.806. The van der Waals surface area contributed by atoms with Gasteiger partial charge in [-0.05, 0) is 23.8 Å². The van der Waals surface area contributed by atoms with E-state index in [-0.39, 0.29) is 0 Å². The van der Waals surface area contributed by atoms with E-state index in [1.54, 1.807) is 11.3 Å². The summed E-state index contributed by atoms with van der Waals surface area (Å²) in [7, 11) is 0. The maximum Gasteiger partial charge on any atom is 0.223 e. The van der Waals surface area contributed by atoms with Crippen LogP contribution >= 0.6 is 11.3 Å².